The molecule has 0 N–H and O–H groups in total. The van der Waals surface area contributed by atoms with Crippen molar-refractivity contribution in [1.29, 1.82) is 0 Å². The first-order valence-electron chi connectivity index (χ1n) is 12.8. The van der Waals surface area contributed by atoms with E-state index in [1.54, 1.807) is 48.5 Å². The summed E-state index contributed by atoms with van der Waals surface area (Å²) in [7, 11) is -2.39. The molecule has 43 heavy (non-hydrogen) atoms. The highest BCUT2D eigenvalue weighted by molar-refractivity contribution is 7.95. The van der Waals surface area contributed by atoms with Gasteiger partial charge in [0.25, 0.3) is 0 Å². The van der Waals surface area contributed by atoms with Gasteiger partial charge in [0.15, 0.2) is 0 Å². The van der Waals surface area contributed by atoms with Crippen LogP contribution in [0.2, 0.25) is 0 Å². The van der Waals surface area contributed by atoms with Gasteiger partial charge in [-0.1, -0.05) is 17.7 Å². The van der Waals surface area contributed by atoms with Crippen molar-refractivity contribution in [2.75, 3.05) is 28.0 Å². The summed E-state index contributed by atoms with van der Waals surface area (Å²) in [6.45, 7) is 3.97. The lowest BCUT2D eigenvalue weighted by Crippen LogP contribution is -2.30. The highest BCUT2D eigenvalue weighted by Crippen LogP contribution is 2.51. The van der Waals surface area contributed by atoms with E-state index in [1.807, 2.05) is 43.3 Å². The van der Waals surface area contributed by atoms with Crippen molar-refractivity contribution in [1.82, 2.24) is 0 Å². The molecule has 0 saturated heterocycles. The van der Waals surface area contributed by atoms with Gasteiger partial charge in [0, 0.05) is 0 Å². The van der Waals surface area contributed by atoms with E-state index in [-0.39, 0.29) is 4.90 Å². The first-order chi connectivity index (χ1) is 20.3. The second-order valence-corrected chi connectivity index (χ2v) is 14.3. The van der Waals surface area contributed by atoms with Gasteiger partial charge in [0.1, 0.15) is 33.3 Å². The summed E-state index contributed by atoms with van der Waals surface area (Å²) in [5.41, 5.74) is 2.32. The molecule has 0 atom stereocenters. The molecule has 9 nitrogen and oxygen atoms in total. The fourth-order valence-electron chi connectivity index (χ4n) is 4.19. The van der Waals surface area contributed by atoms with Crippen LogP contribution in [0.1, 0.15) is 36.6 Å². The van der Waals surface area contributed by atoms with Crippen LogP contribution < -0.4 is 15.9 Å². The van der Waals surface area contributed by atoms with Gasteiger partial charge < -0.3 is 18.8 Å². The predicted octanol–water partition coefficient (Wildman–Crippen LogP) is 3.87. The molecule has 0 heterocycles. The Labute approximate surface area is 251 Å². The Bertz CT molecular complexity index is 1540. The zero-order valence-corrected chi connectivity index (χ0v) is 26.0. The van der Waals surface area contributed by atoms with E-state index in [4.69, 9.17) is 14.2 Å². The molecule has 0 unspecified atom stereocenters. The van der Waals surface area contributed by atoms with Crippen molar-refractivity contribution in [3.63, 3.8) is 0 Å². The summed E-state index contributed by atoms with van der Waals surface area (Å²) in [6, 6.07) is 27.7. The fourth-order valence-corrected chi connectivity index (χ4v) is 7.79. The number of carbonyl (C=O) groups is 3. The molecule has 0 aliphatic rings. The van der Waals surface area contributed by atoms with Gasteiger partial charge in [-0.15, -0.1) is 0 Å². The summed E-state index contributed by atoms with van der Waals surface area (Å²) in [6.07, 6.45) is 0. The van der Waals surface area contributed by atoms with E-state index in [2.05, 4.69) is 6.66 Å². The molecule has 0 fully saturated rings. The van der Waals surface area contributed by atoms with Gasteiger partial charge in [-0.05, 0) is 91.9 Å². The highest BCUT2D eigenvalue weighted by atomic mass is 32.2. The number of hydrogen-bond donors (Lipinski definition) is 0. The molecule has 11 heteroatoms. The molecule has 0 aliphatic heterocycles. The molecule has 0 amide bonds. The second-order valence-electron chi connectivity index (χ2n) is 9.39. The van der Waals surface area contributed by atoms with E-state index >= 15 is 0 Å². The SMILES string of the molecule is COC(=O)c1ccc([P+](C)(c2ccc(C(=O)OC)cc2)c2ccc(C(=O)OC)cc2)cc1.Cc1ccc(S(=O)(=O)[O-])cc1. The van der Waals surface area contributed by atoms with Crippen molar-refractivity contribution in [3.05, 3.63) is 119 Å². The Kier molecular flexibility index (Phi) is 10.9. The minimum atomic E-state index is -4.27. The molecule has 4 rings (SSSR count). The maximum atomic E-state index is 11.9. The van der Waals surface area contributed by atoms with Gasteiger partial charge in [0.2, 0.25) is 0 Å². The van der Waals surface area contributed by atoms with E-state index in [9.17, 15) is 27.4 Å². The van der Waals surface area contributed by atoms with Crippen LogP contribution in [-0.2, 0) is 24.3 Å². The third kappa shape index (κ3) is 7.93. The Morgan fingerprint density at radius 1 is 0.558 bits per heavy atom. The Balaban J connectivity index is 0.000000386. The molecule has 4 aromatic carbocycles. The highest BCUT2D eigenvalue weighted by Gasteiger charge is 2.40. The van der Waals surface area contributed by atoms with Crippen molar-refractivity contribution in [3.8, 4) is 0 Å². The van der Waals surface area contributed by atoms with Crippen molar-refractivity contribution in [2.24, 2.45) is 0 Å². The summed E-state index contributed by atoms with van der Waals surface area (Å²) < 4.78 is 45.6. The van der Waals surface area contributed by atoms with Crippen LogP contribution in [0, 0.1) is 6.92 Å². The van der Waals surface area contributed by atoms with Crippen LogP contribution in [0.3, 0.4) is 0 Å². The molecule has 4 aromatic rings. The Hall–Kier alpha value is -4.37. The number of carbonyl (C=O) groups excluding carboxylic acids is 3. The molecule has 224 valence electrons. The standard InChI is InChI=1S/C25H24O6P.C7H8O3S/c1-29-23(26)17-5-11-20(12-6-17)32(4,21-13-7-18(8-14-21)24(27)30-2)22-15-9-19(10-16-22)25(28)31-3;1-6-2-4-7(5-3-6)11(8,9)10/h5-16H,1-4H3;2-5H,1H3,(H,8,9,10)/q+1;/p-1. The number of benzene rings is 4. The van der Waals surface area contributed by atoms with Crippen molar-refractivity contribution < 1.29 is 41.6 Å². The minimum absolute atomic E-state index is 0.178. The monoisotopic (exact) mass is 622 g/mol. The third-order valence-electron chi connectivity index (χ3n) is 6.72. The molecule has 0 radical (unpaired) electrons. The topological polar surface area (TPSA) is 136 Å². The van der Waals surface area contributed by atoms with Gasteiger partial charge in [-0.2, -0.15) is 0 Å². The molecule has 0 saturated carbocycles. The van der Waals surface area contributed by atoms with Crippen molar-refractivity contribution >= 4 is 51.2 Å². The number of esters is 3. The first kappa shape index (κ1) is 33.1. The average molecular weight is 623 g/mol. The van der Waals surface area contributed by atoms with Crippen LogP contribution in [0.5, 0.6) is 0 Å². The lowest BCUT2D eigenvalue weighted by molar-refractivity contribution is 0.0592. The van der Waals surface area contributed by atoms with Crippen LogP contribution in [0.4, 0.5) is 0 Å². The van der Waals surface area contributed by atoms with Crippen LogP contribution in [-0.4, -0.2) is 58.9 Å². The quantitative estimate of drug-likeness (QED) is 0.130. The zero-order valence-electron chi connectivity index (χ0n) is 24.3. The number of ether oxygens (including phenoxy) is 3. The number of hydrogen-bond acceptors (Lipinski definition) is 9. The summed E-state index contributed by atoms with van der Waals surface area (Å²) in [5, 5.41) is 3.09. The molecular weight excluding hydrogens is 591 g/mol. The maximum absolute atomic E-state index is 11.9. The molecule has 0 spiro atoms. The maximum Gasteiger partial charge on any atom is 0.337 e. The number of rotatable bonds is 7. The summed E-state index contributed by atoms with van der Waals surface area (Å²) in [4.78, 5) is 35.4. The van der Waals surface area contributed by atoms with Gasteiger partial charge in [0.05, 0.1) is 49.6 Å². The fraction of sp³-hybridized carbons (Fsp3) is 0.156. The summed E-state index contributed by atoms with van der Waals surface area (Å²) >= 11 is 0. The lowest BCUT2D eigenvalue weighted by Gasteiger charge is -2.23. The number of methoxy groups -OCH3 is 3. The number of aryl methyl sites for hydroxylation is 1. The normalized spacial score (nSPS) is 11.0. The Morgan fingerprint density at radius 2 is 0.837 bits per heavy atom. The largest absolute Gasteiger partial charge is 0.744 e. The lowest BCUT2D eigenvalue weighted by atomic mass is 10.2. The average Bonchev–Trinajstić information content (AvgIpc) is 3.03. The smallest absolute Gasteiger partial charge is 0.337 e. The Morgan fingerprint density at radius 3 is 1.07 bits per heavy atom. The van der Waals surface area contributed by atoms with E-state index in [1.165, 1.54) is 33.5 Å². The first-order valence-corrected chi connectivity index (χ1v) is 16.5. The van der Waals surface area contributed by atoms with Crippen LogP contribution >= 0.6 is 7.26 Å². The van der Waals surface area contributed by atoms with Crippen LogP contribution in [0.15, 0.2) is 102 Å². The zero-order chi connectivity index (χ0) is 31.8. The van der Waals surface area contributed by atoms with E-state index in [0.29, 0.717) is 16.7 Å². The van der Waals surface area contributed by atoms with Gasteiger partial charge >= 0.3 is 17.9 Å². The van der Waals surface area contributed by atoms with E-state index < -0.39 is 35.3 Å². The summed E-state index contributed by atoms with van der Waals surface area (Å²) in [5.74, 6) is -1.20. The molecule has 0 bridgehead atoms. The molecule has 0 aromatic heterocycles. The van der Waals surface area contributed by atoms with Crippen molar-refractivity contribution in [2.45, 2.75) is 11.8 Å². The second kappa shape index (κ2) is 14.2. The molecular formula is C32H31O9PS. The minimum Gasteiger partial charge on any atom is -0.744 e. The molecule has 0 aliphatic carbocycles. The van der Waals surface area contributed by atoms with Gasteiger partial charge in [-0.25, -0.2) is 22.8 Å². The predicted molar refractivity (Wildman–Crippen MR) is 164 cm³/mol. The van der Waals surface area contributed by atoms with Crippen LogP contribution in [0.25, 0.3) is 0 Å². The van der Waals surface area contributed by atoms with Gasteiger partial charge in [-0.3, -0.25) is 0 Å². The third-order valence-corrected chi connectivity index (χ3v) is 11.6. The van der Waals surface area contributed by atoms with E-state index in [0.717, 1.165) is 21.5 Å².